The second kappa shape index (κ2) is 6.25. The molecule has 20 heavy (non-hydrogen) atoms. The molecule has 0 aliphatic carbocycles. The highest BCUT2D eigenvalue weighted by Crippen LogP contribution is 2.28. The third kappa shape index (κ3) is 3.40. The van der Waals surface area contributed by atoms with Crippen LogP contribution in [0.15, 0.2) is 18.2 Å². The molecule has 1 atom stereocenters. The molecular formula is C17H25NO2. The second-order valence-corrected chi connectivity index (χ2v) is 6.17. The standard InChI is InChI=1S/C17H25NO2/c1-13-9-14(2)11-16(10-13)15-3-5-18(12-15)6-4-17-19-7-8-20-17/h9-11,15,17H,3-8,12H2,1-2H3/t15-/m0/s1. The lowest BCUT2D eigenvalue weighted by Gasteiger charge is -2.18. The van der Waals surface area contributed by atoms with Gasteiger partial charge in [0, 0.05) is 19.5 Å². The van der Waals surface area contributed by atoms with Crippen LogP contribution in [0.3, 0.4) is 0 Å². The maximum Gasteiger partial charge on any atom is 0.159 e. The van der Waals surface area contributed by atoms with Crippen molar-refractivity contribution in [3.05, 3.63) is 34.9 Å². The average molecular weight is 275 g/mol. The van der Waals surface area contributed by atoms with Gasteiger partial charge in [-0.3, -0.25) is 0 Å². The molecule has 2 aliphatic heterocycles. The predicted molar refractivity (Wildman–Crippen MR) is 80.0 cm³/mol. The maximum absolute atomic E-state index is 5.51. The first kappa shape index (κ1) is 14.1. The summed E-state index contributed by atoms with van der Waals surface area (Å²) in [5.41, 5.74) is 4.27. The largest absolute Gasteiger partial charge is 0.350 e. The molecule has 3 heteroatoms. The summed E-state index contributed by atoms with van der Waals surface area (Å²) < 4.78 is 11.0. The first-order chi connectivity index (χ1) is 9.70. The van der Waals surface area contributed by atoms with Gasteiger partial charge in [-0.2, -0.15) is 0 Å². The minimum atomic E-state index is 0.0373. The van der Waals surface area contributed by atoms with Crippen molar-refractivity contribution in [2.75, 3.05) is 32.8 Å². The molecule has 2 aliphatic rings. The van der Waals surface area contributed by atoms with E-state index in [2.05, 4.69) is 36.9 Å². The highest BCUT2D eigenvalue weighted by atomic mass is 16.7. The molecule has 3 rings (SSSR count). The summed E-state index contributed by atoms with van der Waals surface area (Å²) in [5.74, 6) is 0.694. The van der Waals surface area contributed by atoms with Gasteiger partial charge in [-0.15, -0.1) is 0 Å². The van der Waals surface area contributed by atoms with Crippen LogP contribution in [0.5, 0.6) is 0 Å². The Morgan fingerprint density at radius 1 is 1.10 bits per heavy atom. The first-order valence-corrected chi connectivity index (χ1v) is 7.74. The fourth-order valence-electron chi connectivity index (χ4n) is 3.42. The van der Waals surface area contributed by atoms with E-state index in [1.54, 1.807) is 0 Å². The third-order valence-electron chi connectivity index (χ3n) is 4.36. The van der Waals surface area contributed by atoms with E-state index in [0.29, 0.717) is 5.92 Å². The minimum absolute atomic E-state index is 0.0373. The van der Waals surface area contributed by atoms with E-state index in [1.807, 2.05) is 0 Å². The second-order valence-electron chi connectivity index (χ2n) is 6.17. The van der Waals surface area contributed by atoms with Crippen molar-refractivity contribution in [1.29, 1.82) is 0 Å². The summed E-state index contributed by atoms with van der Waals surface area (Å²) in [4.78, 5) is 2.55. The lowest BCUT2D eigenvalue weighted by Crippen LogP contribution is -2.25. The van der Waals surface area contributed by atoms with E-state index in [9.17, 15) is 0 Å². The van der Waals surface area contributed by atoms with Gasteiger partial charge in [0.15, 0.2) is 6.29 Å². The van der Waals surface area contributed by atoms with E-state index in [0.717, 1.165) is 26.2 Å². The maximum atomic E-state index is 5.51. The summed E-state index contributed by atoms with van der Waals surface area (Å²) in [6.07, 6.45) is 2.31. The van der Waals surface area contributed by atoms with Crippen LogP contribution >= 0.6 is 0 Å². The number of hydrogen-bond acceptors (Lipinski definition) is 3. The lowest BCUT2D eigenvalue weighted by molar-refractivity contribution is -0.0506. The molecule has 0 unspecified atom stereocenters. The zero-order valence-corrected chi connectivity index (χ0v) is 12.6. The zero-order chi connectivity index (χ0) is 13.9. The van der Waals surface area contributed by atoms with Crippen LogP contribution < -0.4 is 0 Å². The van der Waals surface area contributed by atoms with E-state index in [4.69, 9.17) is 9.47 Å². The molecular weight excluding hydrogens is 250 g/mol. The first-order valence-electron chi connectivity index (χ1n) is 7.74. The Kier molecular flexibility index (Phi) is 4.39. The highest BCUT2D eigenvalue weighted by molar-refractivity contribution is 5.31. The highest BCUT2D eigenvalue weighted by Gasteiger charge is 2.25. The Morgan fingerprint density at radius 2 is 1.80 bits per heavy atom. The molecule has 0 N–H and O–H groups in total. The van der Waals surface area contributed by atoms with Crippen molar-refractivity contribution < 1.29 is 9.47 Å². The van der Waals surface area contributed by atoms with Crippen LogP contribution in [0.2, 0.25) is 0 Å². The predicted octanol–water partition coefficient (Wildman–Crippen LogP) is 2.86. The van der Waals surface area contributed by atoms with Crippen LogP contribution in [0, 0.1) is 13.8 Å². The zero-order valence-electron chi connectivity index (χ0n) is 12.6. The molecule has 110 valence electrons. The Hall–Kier alpha value is -0.900. The van der Waals surface area contributed by atoms with E-state index < -0.39 is 0 Å². The Bertz CT molecular complexity index is 434. The summed E-state index contributed by atoms with van der Waals surface area (Å²) in [6.45, 7) is 9.37. The minimum Gasteiger partial charge on any atom is -0.350 e. The van der Waals surface area contributed by atoms with E-state index >= 15 is 0 Å². The molecule has 2 saturated heterocycles. The van der Waals surface area contributed by atoms with E-state index in [1.165, 1.54) is 36.2 Å². The fraction of sp³-hybridized carbons (Fsp3) is 0.647. The average Bonchev–Trinajstić information content (AvgIpc) is 3.07. The Labute approximate surface area is 121 Å². The number of aryl methyl sites for hydroxylation is 2. The summed E-state index contributed by atoms with van der Waals surface area (Å²) in [6, 6.07) is 6.96. The van der Waals surface area contributed by atoms with Crippen molar-refractivity contribution in [3.8, 4) is 0 Å². The number of rotatable bonds is 4. The Morgan fingerprint density at radius 3 is 2.50 bits per heavy atom. The van der Waals surface area contributed by atoms with Gasteiger partial charge in [-0.1, -0.05) is 29.3 Å². The van der Waals surface area contributed by atoms with E-state index in [-0.39, 0.29) is 6.29 Å². The monoisotopic (exact) mass is 275 g/mol. The van der Waals surface area contributed by atoms with Crippen LogP contribution in [-0.4, -0.2) is 44.0 Å². The van der Waals surface area contributed by atoms with Crippen molar-refractivity contribution >= 4 is 0 Å². The Balaban J connectivity index is 1.53. The summed E-state index contributed by atoms with van der Waals surface area (Å²) >= 11 is 0. The topological polar surface area (TPSA) is 21.7 Å². The molecule has 0 saturated carbocycles. The van der Waals surface area contributed by atoms with Gasteiger partial charge in [0.2, 0.25) is 0 Å². The van der Waals surface area contributed by atoms with Crippen molar-refractivity contribution in [1.82, 2.24) is 4.90 Å². The quantitative estimate of drug-likeness (QED) is 0.843. The van der Waals surface area contributed by atoms with Gasteiger partial charge < -0.3 is 14.4 Å². The molecule has 0 amide bonds. The van der Waals surface area contributed by atoms with Crippen molar-refractivity contribution in [3.63, 3.8) is 0 Å². The van der Waals surface area contributed by atoms with Crippen LogP contribution in [-0.2, 0) is 9.47 Å². The molecule has 0 spiro atoms. The molecule has 1 aromatic carbocycles. The summed E-state index contributed by atoms with van der Waals surface area (Å²) in [7, 11) is 0. The molecule has 0 radical (unpaired) electrons. The molecule has 0 bridgehead atoms. The van der Waals surface area contributed by atoms with Crippen LogP contribution in [0.1, 0.15) is 35.4 Å². The van der Waals surface area contributed by atoms with Gasteiger partial charge in [0.05, 0.1) is 13.2 Å². The normalized spacial score (nSPS) is 24.6. The van der Waals surface area contributed by atoms with Crippen LogP contribution in [0.4, 0.5) is 0 Å². The van der Waals surface area contributed by atoms with Gasteiger partial charge in [-0.25, -0.2) is 0 Å². The number of nitrogens with zero attached hydrogens (tertiary/aromatic N) is 1. The molecule has 1 aromatic rings. The number of hydrogen-bond donors (Lipinski definition) is 0. The fourth-order valence-corrected chi connectivity index (χ4v) is 3.42. The van der Waals surface area contributed by atoms with Gasteiger partial charge in [0.25, 0.3) is 0 Å². The SMILES string of the molecule is Cc1cc(C)cc([C@H]2CCN(CCC3OCCO3)C2)c1. The number of benzene rings is 1. The van der Waals surface area contributed by atoms with Gasteiger partial charge in [0.1, 0.15) is 0 Å². The summed E-state index contributed by atoms with van der Waals surface area (Å²) in [5, 5.41) is 0. The van der Waals surface area contributed by atoms with Crippen molar-refractivity contribution in [2.45, 2.75) is 38.9 Å². The van der Waals surface area contributed by atoms with Crippen molar-refractivity contribution in [2.24, 2.45) is 0 Å². The molecule has 0 aromatic heterocycles. The molecule has 3 nitrogen and oxygen atoms in total. The number of ether oxygens (including phenoxy) is 2. The molecule has 2 fully saturated rings. The molecule has 2 heterocycles. The lowest BCUT2D eigenvalue weighted by atomic mass is 9.95. The van der Waals surface area contributed by atoms with Crippen LogP contribution in [0.25, 0.3) is 0 Å². The van der Waals surface area contributed by atoms with Gasteiger partial charge in [-0.05, 0) is 38.3 Å². The third-order valence-corrected chi connectivity index (χ3v) is 4.36. The van der Waals surface area contributed by atoms with Gasteiger partial charge >= 0.3 is 0 Å². The smallest absolute Gasteiger partial charge is 0.159 e. The number of likely N-dealkylation sites (tertiary alicyclic amines) is 1.